The van der Waals surface area contributed by atoms with Gasteiger partial charge in [-0.15, -0.1) is 0 Å². The molecule has 1 aliphatic carbocycles. The summed E-state index contributed by atoms with van der Waals surface area (Å²) in [4.78, 5) is 61.1. The maximum atomic E-state index is 14.0. The van der Waals surface area contributed by atoms with Crippen molar-refractivity contribution in [1.29, 1.82) is 0 Å². The second-order valence-electron chi connectivity index (χ2n) is 17.9. The third-order valence-electron chi connectivity index (χ3n) is 13.4. The molecule has 63 heavy (non-hydrogen) atoms. The van der Waals surface area contributed by atoms with Gasteiger partial charge >= 0.3 is 6.09 Å². The molecule has 328 valence electrons. The van der Waals surface area contributed by atoms with E-state index >= 15 is 0 Å². The average Bonchev–Trinajstić information content (AvgIpc) is 4.15. The minimum absolute atomic E-state index is 0.0981. The highest BCUT2D eigenvalue weighted by Gasteiger charge is 2.42. The molecule has 5 atom stereocenters. The Bertz CT molecular complexity index is 2640. The van der Waals surface area contributed by atoms with E-state index in [1.165, 1.54) is 23.8 Å². The highest BCUT2D eigenvalue weighted by Crippen LogP contribution is 2.42. The van der Waals surface area contributed by atoms with Crippen molar-refractivity contribution in [2.24, 2.45) is 17.8 Å². The summed E-state index contributed by atoms with van der Waals surface area (Å²) in [5.41, 5.74) is 9.99. The lowest BCUT2D eigenvalue weighted by Gasteiger charge is -2.30. The van der Waals surface area contributed by atoms with Gasteiger partial charge in [0.15, 0.2) is 0 Å². The fraction of sp³-hybridized carbons (Fsp3) is 0.420. The van der Waals surface area contributed by atoms with Crippen LogP contribution in [0.25, 0.3) is 44.2 Å². The van der Waals surface area contributed by atoms with Gasteiger partial charge in [-0.2, -0.15) is 0 Å². The Morgan fingerprint density at radius 1 is 0.810 bits per heavy atom. The molecule has 5 unspecified atom stereocenters. The molecule has 9 rings (SSSR count). The average molecular weight is 852 g/mol. The molecule has 0 bridgehead atoms. The number of hydrogen-bond acceptors (Lipinski definition) is 8. The van der Waals surface area contributed by atoms with Crippen LogP contribution in [0.5, 0.6) is 0 Å². The number of ether oxygens (including phenoxy) is 3. The number of alkyl carbamates (subject to hydrolysis) is 1. The molecule has 3 amide bonds. The largest absolute Gasteiger partial charge is 0.453 e. The number of rotatable bonds is 13. The van der Waals surface area contributed by atoms with Gasteiger partial charge in [0.1, 0.15) is 17.7 Å². The molecule has 2 saturated heterocycles. The first-order chi connectivity index (χ1) is 30.6. The number of likely N-dealkylation sites (tertiary alicyclic amines) is 2. The van der Waals surface area contributed by atoms with Gasteiger partial charge in [0.05, 0.1) is 61.8 Å². The molecule has 4 aromatic carbocycles. The highest BCUT2D eigenvalue weighted by molar-refractivity contribution is 6.05. The quantitative estimate of drug-likeness (QED) is 0.106. The predicted molar refractivity (Wildman–Crippen MR) is 242 cm³/mol. The second kappa shape index (κ2) is 18.0. The lowest BCUT2D eigenvalue weighted by molar-refractivity contribution is -0.135. The number of aromatic amines is 2. The number of amides is 3. The van der Waals surface area contributed by atoms with E-state index in [9.17, 15) is 14.4 Å². The number of carbonyl (C=O) groups excluding carboxylic acids is 3. The Morgan fingerprint density at radius 2 is 1.51 bits per heavy atom. The number of nitrogens with zero attached hydrogens (tertiary/aromatic N) is 4. The van der Waals surface area contributed by atoms with Crippen molar-refractivity contribution in [1.82, 2.24) is 35.1 Å². The topological polar surface area (TPSA) is 155 Å². The summed E-state index contributed by atoms with van der Waals surface area (Å²) in [5.74, 6) is 1.71. The molecule has 6 aromatic rings. The van der Waals surface area contributed by atoms with Crippen LogP contribution in [0.2, 0.25) is 0 Å². The summed E-state index contributed by atoms with van der Waals surface area (Å²) in [5, 5.41) is 4.93. The molecule has 13 heteroatoms. The Balaban J connectivity index is 0.982. The third-order valence-corrected chi connectivity index (χ3v) is 13.4. The van der Waals surface area contributed by atoms with Crippen LogP contribution in [0.3, 0.4) is 0 Å². The van der Waals surface area contributed by atoms with Crippen molar-refractivity contribution in [2.75, 3.05) is 47.6 Å². The van der Waals surface area contributed by atoms with Gasteiger partial charge in [-0.05, 0) is 83.4 Å². The van der Waals surface area contributed by atoms with Crippen LogP contribution in [-0.2, 0) is 43.1 Å². The number of hydrogen-bond donors (Lipinski definition) is 3. The lowest BCUT2D eigenvalue weighted by Crippen LogP contribution is -2.51. The molecule has 0 spiro atoms. The second-order valence-corrected chi connectivity index (χ2v) is 17.9. The summed E-state index contributed by atoms with van der Waals surface area (Å²) >= 11 is 0. The number of H-pyrrole nitrogens is 2. The summed E-state index contributed by atoms with van der Waals surface area (Å²) in [6, 6.07) is 24.1. The van der Waals surface area contributed by atoms with Gasteiger partial charge < -0.3 is 39.3 Å². The number of carbonyl (C=O) groups is 3. The first-order valence-electron chi connectivity index (χ1n) is 22.2. The first-order valence-corrected chi connectivity index (χ1v) is 22.2. The number of imidazole rings is 2. The maximum Gasteiger partial charge on any atom is 0.407 e. The van der Waals surface area contributed by atoms with Crippen molar-refractivity contribution < 1.29 is 28.6 Å². The fourth-order valence-corrected chi connectivity index (χ4v) is 10.4. The minimum atomic E-state index is -0.732. The van der Waals surface area contributed by atoms with Crippen molar-refractivity contribution >= 4 is 39.7 Å². The van der Waals surface area contributed by atoms with Gasteiger partial charge in [0.25, 0.3) is 0 Å². The van der Waals surface area contributed by atoms with E-state index in [0.29, 0.717) is 39.1 Å². The SMILES string of the molecule is COCC1CC(c2nc3c(ccc4cc(-c5ccc(-c6cnc(C7CC(COC)CN7C(=O)C(NC(=O)OC)C(C)C)[nH]6)c6c5CCC6)ccc43)[nH]2)N(C(=O)Cc2ccccc2)C1. The van der Waals surface area contributed by atoms with Gasteiger partial charge in [-0.25, -0.2) is 14.8 Å². The monoisotopic (exact) mass is 851 g/mol. The van der Waals surface area contributed by atoms with Crippen LogP contribution in [0.1, 0.15) is 73.5 Å². The van der Waals surface area contributed by atoms with E-state index in [1.54, 1.807) is 14.2 Å². The van der Waals surface area contributed by atoms with E-state index in [-0.39, 0.29) is 41.7 Å². The van der Waals surface area contributed by atoms with Crippen molar-refractivity contribution in [3.8, 4) is 22.4 Å². The Hall–Kier alpha value is -6.05. The molecule has 4 heterocycles. The number of fused-ring (bicyclic) bond motifs is 4. The molecule has 2 fully saturated rings. The van der Waals surface area contributed by atoms with E-state index in [1.807, 2.05) is 60.2 Å². The van der Waals surface area contributed by atoms with Crippen LogP contribution in [-0.4, -0.2) is 101 Å². The van der Waals surface area contributed by atoms with E-state index in [0.717, 1.165) is 81.5 Å². The molecule has 13 nitrogen and oxygen atoms in total. The fourth-order valence-electron chi connectivity index (χ4n) is 10.4. The van der Waals surface area contributed by atoms with Crippen LogP contribution in [0.15, 0.2) is 79.0 Å². The van der Waals surface area contributed by atoms with E-state index in [4.69, 9.17) is 24.2 Å². The minimum Gasteiger partial charge on any atom is -0.453 e. The van der Waals surface area contributed by atoms with Gasteiger partial charge in [0.2, 0.25) is 11.8 Å². The smallest absolute Gasteiger partial charge is 0.407 e. The predicted octanol–water partition coefficient (Wildman–Crippen LogP) is 7.96. The normalized spacial score (nSPS) is 20.2. The maximum absolute atomic E-state index is 14.0. The van der Waals surface area contributed by atoms with Gasteiger partial charge in [-0.1, -0.05) is 74.5 Å². The summed E-state index contributed by atoms with van der Waals surface area (Å²) in [7, 11) is 4.70. The van der Waals surface area contributed by atoms with E-state index < -0.39 is 12.1 Å². The number of methoxy groups -OCH3 is 3. The summed E-state index contributed by atoms with van der Waals surface area (Å²) in [6.45, 7) is 6.10. The number of benzene rings is 4. The molecular weight excluding hydrogens is 795 g/mol. The zero-order valence-electron chi connectivity index (χ0n) is 36.8. The van der Waals surface area contributed by atoms with Crippen LogP contribution < -0.4 is 5.32 Å². The van der Waals surface area contributed by atoms with Gasteiger partial charge in [0, 0.05) is 50.1 Å². The number of aromatic nitrogens is 4. The van der Waals surface area contributed by atoms with Crippen molar-refractivity contribution in [3.05, 3.63) is 107 Å². The highest BCUT2D eigenvalue weighted by atomic mass is 16.5. The Morgan fingerprint density at radius 3 is 2.22 bits per heavy atom. The van der Waals surface area contributed by atoms with Crippen molar-refractivity contribution in [2.45, 2.75) is 70.5 Å². The zero-order valence-corrected chi connectivity index (χ0v) is 36.8. The Kier molecular flexibility index (Phi) is 12.1. The van der Waals surface area contributed by atoms with Crippen molar-refractivity contribution in [3.63, 3.8) is 0 Å². The summed E-state index contributed by atoms with van der Waals surface area (Å²) < 4.78 is 15.9. The number of nitrogens with one attached hydrogen (secondary N) is 3. The molecule has 3 aliphatic rings. The molecule has 2 aromatic heterocycles. The van der Waals surface area contributed by atoms with Crippen LogP contribution in [0, 0.1) is 17.8 Å². The van der Waals surface area contributed by atoms with Crippen LogP contribution in [0.4, 0.5) is 4.79 Å². The third kappa shape index (κ3) is 8.31. The molecule has 3 N–H and O–H groups in total. The Labute approximate surface area is 367 Å². The first kappa shape index (κ1) is 42.3. The lowest BCUT2D eigenvalue weighted by atomic mass is 9.91. The molecule has 0 radical (unpaired) electrons. The van der Waals surface area contributed by atoms with E-state index in [2.05, 4.69) is 57.7 Å². The molecule has 2 aliphatic heterocycles. The molecular formula is C50H57N7O6. The molecule has 0 saturated carbocycles. The van der Waals surface area contributed by atoms with Crippen LogP contribution >= 0.6 is 0 Å². The standard InChI is InChI=1S/C50H57N7O6/c1-29(2)45(55-50(60)63-5)49(59)57-26-32(28-62-4)20-42(57)47-51-24-41(53-47)39-18-17-35(37-12-9-13-38(37)39)33-14-16-36-34(23-33)15-19-40-46(36)54-48(52-40)43-21-31(27-61-3)25-56(43)44(58)22-30-10-7-6-8-11-30/h6-8,10-11,14-19,23-24,29,31-32,42-43,45H,9,12-13,20-22,25-28H2,1-5H3,(H,51,53)(H,52,54)(H,55,60). The van der Waals surface area contributed by atoms with Gasteiger partial charge in [-0.3, -0.25) is 9.59 Å². The summed E-state index contributed by atoms with van der Waals surface area (Å²) in [6.07, 6.45) is 6.12. The zero-order chi connectivity index (χ0) is 43.8.